The standard InChI is InChI=1S/C68H60N4O/c1-66(2,3)43-27-30-46(31-28-43)71-57-34-32-53(69-63(57)62-58(73)39-52-59-47-21-13-15-23-49(47)60(61(52)64(62)71)50-24-16-14-22-48(50)59)41-35-42(37-45(36-41)68(7,8)9)65-70-54-25-17-18-26-56(54)72(65)55-33-29-44(67(4,5)6)38-51(55)40-19-11-10-12-20-40/h10-39,59-60,73H,1-9H3. The molecule has 0 aliphatic heterocycles. The van der Waals surface area contributed by atoms with Gasteiger partial charge in [0.05, 0.1) is 38.8 Å². The molecular weight excluding hydrogens is 889 g/mol. The third-order valence-corrected chi connectivity index (χ3v) is 15.9. The molecule has 3 aliphatic rings. The van der Waals surface area contributed by atoms with Crippen molar-refractivity contribution in [2.45, 2.75) is 90.4 Å². The van der Waals surface area contributed by atoms with Crippen molar-refractivity contribution in [1.82, 2.24) is 19.1 Å². The number of pyridine rings is 1. The van der Waals surface area contributed by atoms with Crippen molar-refractivity contribution in [3.63, 3.8) is 0 Å². The fourth-order valence-electron chi connectivity index (χ4n) is 12.1. The van der Waals surface area contributed by atoms with E-state index in [1.165, 1.54) is 44.5 Å². The Hall–Kier alpha value is -8.02. The number of hydrogen-bond acceptors (Lipinski definition) is 3. The molecule has 3 heterocycles. The van der Waals surface area contributed by atoms with Crippen molar-refractivity contribution in [2.75, 3.05) is 0 Å². The van der Waals surface area contributed by atoms with Gasteiger partial charge in [-0.2, -0.15) is 0 Å². The predicted octanol–water partition coefficient (Wildman–Crippen LogP) is 17.1. The lowest BCUT2D eigenvalue weighted by Gasteiger charge is -2.42. The number of imidazole rings is 1. The molecule has 3 aliphatic carbocycles. The molecule has 358 valence electrons. The number of fused-ring (bicyclic) bond motifs is 4. The van der Waals surface area contributed by atoms with E-state index in [2.05, 4.69) is 253 Å². The molecule has 0 saturated heterocycles. The lowest BCUT2D eigenvalue weighted by atomic mass is 9.60. The Morgan fingerprint density at radius 1 is 0.438 bits per heavy atom. The average Bonchev–Trinajstić information content (AvgIpc) is 3.95. The predicted molar refractivity (Wildman–Crippen MR) is 302 cm³/mol. The first kappa shape index (κ1) is 44.9. The molecule has 1 N–H and O–H groups in total. The molecule has 5 heteroatoms. The molecule has 0 radical (unpaired) electrons. The average molecular weight is 949 g/mol. The minimum atomic E-state index is -0.201. The van der Waals surface area contributed by atoms with Gasteiger partial charge in [0, 0.05) is 34.2 Å². The van der Waals surface area contributed by atoms with Crippen LogP contribution in [0.25, 0.3) is 78.1 Å². The Bertz CT molecular complexity index is 3990. The summed E-state index contributed by atoms with van der Waals surface area (Å²) in [7, 11) is 0. The van der Waals surface area contributed by atoms with Crippen molar-refractivity contribution in [3.8, 4) is 50.9 Å². The van der Waals surface area contributed by atoms with Gasteiger partial charge in [-0.1, -0.05) is 172 Å². The lowest BCUT2D eigenvalue weighted by Crippen LogP contribution is -2.28. The second kappa shape index (κ2) is 16.0. The number of hydrogen-bond donors (Lipinski definition) is 1. The normalized spacial score (nSPS) is 15.2. The third kappa shape index (κ3) is 7.03. The zero-order valence-electron chi connectivity index (χ0n) is 43.2. The lowest BCUT2D eigenvalue weighted by molar-refractivity contribution is 0.480. The topological polar surface area (TPSA) is 55.9 Å². The molecule has 0 amide bonds. The highest BCUT2D eigenvalue weighted by Crippen LogP contribution is 2.59. The summed E-state index contributed by atoms with van der Waals surface area (Å²) in [5.74, 6) is 1.11. The van der Waals surface area contributed by atoms with Crippen molar-refractivity contribution in [1.29, 1.82) is 0 Å². The Labute approximate surface area is 428 Å². The van der Waals surface area contributed by atoms with Crippen LogP contribution in [0.2, 0.25) is 0 Å². The number of aromatic nitrogens is 4. The van der Waals surface area contributed by atoms with Crippen LogP contribution in [0, 0.1) is 0 Å². The van der Waals surface area contributed by atoms with Crippen molar-refractivity contribution in [3.05, 3.63) is 232 Å². The molecule has 2 bridgehead atoms. The van der Waals surface area contributed by atoms with Crippen LogP contribution in [0.5, 0.6) is 5.75 Å². The summed E-state index contributed by atoms with van der Waals surface area (Å²) in [5.41, 5.74) is 23.2. The van der Waals surface area contributed by atoms with E-state index in [-0.39, 0.29) is 33.8 Å². The van der Waals surface area contributed by atoms with Crippen molar-refractivity contribution < 1.29 is 5.11 Å². The second-order valence-electron chi connectivity index (χ2n) is 23.6. The molecule has 0 fully saturated rings. The molecule has 14 rings (SSSR count). The Morgan fingerprint density at radius 2 is 1.03 bits per heavy atom. The number of para-hydroxylation sites is 2. The van der Waals surface area contributed by atoms with E-state index in [1.54, 1.807) is 0 Å². The van der Waals surface area contributed by atoms with E-state index >= 15 is 0 Å². The first-order valence-electron chi connectivity index (χ1n) is 25.9. The van der Waals surface area contributed by atoms with Crippen LogP contribution < -0.4 is 0 Å². The van der Waals surface area contributed by atoms with E-state index < -0.39 is 0 Å². The summed E-state index contributed by atoms with van der Waals surface area (Å²) in [4.78, 5) is 11.2. The van der Waals surface area contributed by atoms with Gasteiger partial charge in [0.15, 0.2) is 0 Å². The van der Waals surface area contributed by atoms with Crippen LogP contribution in [0.15, 0.2) is 182 Å². The van der Waals surface area contributed by atoms with Crippen LogP contribution in [-0.4, -0.2) is 24.2 Å². The molecule has 0 atom stereocenters. The second-order valence-corrected chi connectivity index (χ2v) is 23.6. The summed E-state index contributed by atoms with van der Waals surface area (Å²) >= 11 is 0. The SMILES string of the molecule is CC(C)(C)c1ccc(-n2c3ccc(-c4cc(-c5nc6ccccc6n5-c5ccc(C(C)(C)C)cc5-c5ccccc5)cc(C(C)(C)C)c4)nc3c3c(O)cc4c(c32)C2c3ccccc3C4c3ccccc32)cc1. The maximum Gasteiger partial charge on any atom is 0.145 e. The minimum Gasteiger partial charge on any atom is -0.507 e. The van der Waals surface area contributed by atoms with E-state index in [0.29, 0.717) is 0 Å². The van der Waals surface area contributed by atoms with Gasteiger partial charge >= 0.3 is 0 Å². The van der Waals surface area contributed by atoms with Crippen molar-refractivity contribution in [2.24, 2.45) is 0 Å². The summed E-state index contributed by atoms with van der Waals surface area (Å²) in [5, 5.41) is 13.5. The molecule has 5 nitrogen and oxygen atoms in total. The largest absolute Gasteiger partial charge is 0.507 e. The third-order valence-electron chi connectivity index (χ3n) is 15.9. The minimum absolute atomic E-state index is 0.00362. The Kier molecular flexibility index (Phi) is 9.83. The van der Waals surface area contributed by atoms with E-state index in [4.69, 9.17) is 9.97 Å². The quantitative estimate of drug-likeness (QED) is 0.187. The molecule has 73 heavy (non-hydrogen) atoms. The first-order valence-corrected chi connectivity index (χ1v) is 25.9. The first-order chi connectivity index (χ1) is 35.0. The summed E-state index contributed by atoms with van der Waals surface area (Å²) in [6.07, 6.45) is 0. The monoisotopic (exact) mass is 948 g/mol. The van der Waals surface area contributed by atoms with Gasteiger partial charge in [0.2, 0.25) is 0 Å². The fourth-order valence-corrected chi connectivity index (χ4v) is 12.1. The Morgan fingerprint density at radius 3 is 1.68 bits per heavy atom. The fraction of sp³-hybridized carbons (Fsp3) is 0.206. The van der Waals surface area contributed by atoms with Crippen LogP contribution in [0.4, 0.5) is 0 Å². The maximum absolute atomic E-state index is 12.7. The van der Waals surface area contributed by atoms with Gasteiger partial charge in [0.25, 0.3) is 0 Å². The maximum atomic E-state index is 12.7. The van der Waals surface area contributed by atoms with Crippen LogP contribution >= 0.6 is 0 Å². The van der Waals surface area contributed by atoms with Gasteiger partial charge in [-0.25, -0.2) is 9.97 Å². The molecule has 8 aromatic carbocycles. The van der Waals surface area contributed by atoms with E-state index in [0.717, 1.165) is 83.7 Å². The van der Waals surface area contributed by atoms with Crippen LogP contribution in [0.3, 0.4) is 0 Å². The molecular formula is C68H60N4O. The molecule has 3 aromatic heterocycles. The Balaban J connectivity index is 1.06. The van der Waals surface area contributed by atoms with Crippen LogP contribution in [-0.2, 0) is 16.2 Å². The van der Waals surface area contributed by atoms with Gasteiger partial charge in [-0.05, 0) is 145 Å². The smallest absolute Gasteiger partial charge is 0.145 e. The number of aromatic hydroxyl groups is 1. The summed E-state index contributed by atoms with van der Waals surface area (Å²) < 4.78 is 4.74. The zero-order valence-corrected chi connectivity index (χ0v) is 43.2. The number of rotatable bonds is 5. The molecule has 0 spiro atoms. The number of benzene rings is 8. The zero-order chi connectivity index (χ0) is 50.3. The molecule has 0 saturated carbocycles. The van der Waals surface area contributed by atoms with Gasteiger partial charge in [0.1, 0.15) is 17.1 Å². The van der Waals surface area contributed by atoms with E-state index in [9.17, 15) is 5.11 Å². The summed E-state index contributed by atoms with van der Waals surface area (Å²) in [6.45, 7) is 20.4. The van der Waals surface area contributed by atoms with Gasteiger partial charge < -0.3 is 9.67 Å². The highest BCUT2D eigenvalue weighted by atomic mass is 16.3. The van der Waals surface area contributed by atoms with Crippen LogP contribution in [0.1, 0.15) is 124 Å². The van der Waals surface area contributed by atoms with Crippen molar-refractivity contribution >= 4 is 33.0 Å². The van der Waals surface area contributed by atoms with Gasteiger partial charge in [-0.15, -0.1) is 0 Å². The molecule has 0 unspecified atom stereocenters. The van der Waals surface area contributed by atoms with Gasteiger partial charge in [-0.3, -0.25) is 4.57 Å². The summed E-state index contributed by atoms with van der Waals surface area (Å²) in [6, 6.07) is 66.3. The molecule has 11 aromatic rings. The van der Waals surface area contributed by atoms with E-state index in [1.807, 2.05) is 0 Å². The highest BCUT2D eigenvalue weighted by Gasteiger charge is 2.44. The number of phenolic OH excluding ortho intramolecular Hbond substituents is 1. The number of nitrogens with zero attached hydrogens (tertiary/aromatic N) is 4. The highest BCUT2D eigenvalue weighted by molar-refractivity contribution is 6.13. The number of phenols is 1.